The van der Waals surface area contributed by atoms with Gasteiger partial charge in [0.15, 0.2) is 0 Å². The van der Waals surface area contributed by atoms with E-state index >= 15 is 0 Å². The van der Waals surface area contributed by atoms with Gasteiger partial charge >= 0.3 is 0 Å². The Balaban J connectivity index is 2.37. The largest absolute Gasteiger partial charge is 0.342 e. The Labute approximate surface area is 105 Å². The van der Waals surface area contributed by atoms with Crippen LogP contribution in [-0.2, 0) is 4.79 Å². The molecule has 1 fully saturated rings. The normalized spacial score (nSPS) is 21.5. The fourth-order valence-electron chi connectivity index (χ4n) is 2.63. The van der Waals surface area contributed by atoms with Crippen LogP contribution in [0.4, 0.5) is 0 Å². The highest BCUT2D eigenvalue weighted by atomic mass is 16.2. The number of rotatable bonds is 6. The molecule has 1 aliphatic rings. The Morgan fingerprint density at radius 3 is 2.71 bits per heavy atom. The van der Waals surface area contributed by atoms with Gasteiger partial charge in [-0.2, -0.15) is 0 Å². The summed E-state index contributed by atoms with van der Waals surface area (Å²) in [5, 5.41) is 0. The number of hydrogen-bond acceptors (Lipinski definition) is 3. The van der Waals surface area contributed by atoms with Gasteiger partial charge in [-0.25, -0.2) is 0 Å². The minimum absolute atomic E-state index is 0.267. The second kappa shape index (κ2) is 7.67. The molecule has 0 aromatic rings. The van der Waals surface area contributed by atoms with Gasteiger partial charge in [0.25, 0.3) is 0 Å². The van der Waals surface area contributed by atoms with Crippen LogP contribution in [-0.4, -0.2) is 55.0 Å². The van der Waals surface area contributed by atoms with Gasteiger partial charge in [0.05, 0.1) is 6.54 Å². The summed E-state index contributed by atoms with van der Waals surface area (Å²) in [5.74, 6) is 0.960. The molecule has 2 N–H and O–H groups in total. The molecule has 100 valence electrons. The number of nitrogens with zero attached hydrogens (tertiary/aromatic N) is 2. The molecule has 1 amide bonds. The van der Waals surface area contributed by atoms with Crippen molar-refractivity contribution >= 4 is 5.91 Å². The number of carbonyl (C=O) groups excluding carboxylic acids is 1. The van der Waals surface area contributed by atoms with E-state index in [-0.39, 0.29) is 5.91 Å². The molecule has 1 heterocycles. The minimum atomic E-state index is 0.267. The van der Waals surface area contributed by atoms with Crippen LogP contribution >= 0.6 is 0 Å². The highest BCUT2D eigenvalue weighted by Gasteiger charge is 2.22. The van der Waals surface area contributed by atoms with Gasteiger partial charge in [0.2, 0.25) is 5.91 Å². The quantitative estimate of drug-likeness (QED) is 0.752. The Morgan fingerprint density at radius 2 is 2.12 bits per heavy atom. The second-order valence-corrected chi connectivity index (χ2v) is 4.89. The van der Waals surface area contributed by atoms with Gasteiger partial charge in [0.1, 0.15) is 0 Å². The van der Waals surface area contributed by atoms with Crippen LogP contribution in [0.5, 0.6) is 0 Å². The molecule has 1 atom stereocenters. The van der Waals surface area contributed by atoms with Crippen LogP contribution in [0.2, 0.25) is 0 Å². The van der Waals surface area contributed by atoms with Gasteiger partial charge in [0, 0.05) is 19.6 Å². The molecular formula is C13H27N3O. The number of amides is 1. The average molecular weight is 241 g/mol. The van der Waals surface area contributed by atoms with Crippen molar-refractivity contribution in [1.82, 2.24) is 9.80 Å². The third-order valence-corrected chi connectivity index (χ3v) is 3.65. The standard InChI is InChI=1S/C13H27N3O/c1-3-16(4-2)13(17)11-15-9-5-6-12(10-15)7-8-14/h12H,3-11,14H2,1-2H3. The van der Waals surface area contributed by atoms with E-state index in [2.05, 4.69) is 4.90 Å². The van der Waals surface area contributed by atoms with Crippen molar-refractivity contribution in [2.75, 3.05) is 39.3 Å². The maximum absolute atomic E-state index is 12.0. The van der Waals surface area contributed by atoms with Crippen molar-refractivity contribution in [3.05, 3.63) is 0 Å². The van der Waals surface area contributed by atoms with Crippen LogP contribution in [0.25, 0.3) is 0 Å². The zero-order chi connectivity index (χ0) is 12.7. The maximum atomic E-state index is 12.0. The van der Waals surface area contributed by atoms with E-state index < -0.39 is 0 Å². The number of carbonyl (C=O) groups is 1. The molecule has 4 nitrogen and oxygen atoms in total. The maximum Gasteiger partial charge on any atom is 0.236 e. The first kappa shape index (κ1) is 14.5. The molecule has 17 heavy (non-hydrogen) atoms. The molecule has 0 aliphatic carbocycles. The SMILES string of the molecule is CCN(CC)C(=O)CN1CCCC(CCN)C1. The number of likely N-dealkylation sites (tertiary alicyclic amines) is 1. The van der Waals surface area contributed by atoms with Crippen molar-refractivity contribution in [2.24, 2.45) is 11.7 Å². The van der Waals surface area contributed by atoms with Crippen LogP contribution in [0.3, 0.4) is 0 Å². The topological polar surface area (TPSA) is 49.6 Å². The number of nitrogens with two attached hydrogens (primary N) is 1. The summed E-state index contributed by atoms with van der Waals surface area (Å²) in [6.45, 7) is 9.16. The lowest BCUT2D eigenvalue weighted by molar-refractivity contribution is -0.132. The molecule has 1 unspecified atom stereocenters. The summed E-state index contributed by atoms with van der Waals surface area (Å²) >= 11 is 0. The average Bonchev–Trinajstić information content (AvgIpc) is 2.31. The fraction of sp³-hybridized carbons (Fsp3) is 0.923. The number of hydrogen-bond donors (Lipinski definition) is 1. The smallest absolute Gasteiger partial charge is 0.236 e. The monoisotopic (exact) mass is 241 g/mol. The van der Waals surface area contributed by atoms with E-state index in [0.29, 0.717) is 12.5 Å². The van der Waals surface area contributed by atoms with E-state index in [1.54, 1.807) is 0 Å². The second-order valence-electron chi connectivity index (χ2n) is 4.89. The fourth-order valence-corrected chi connectivity index (χ4v) is 2.63. The minimum Gasteiger partial charge on any atom is -0.342 e. The van der Waals surface area contributed by atoms with Gasteiger partial charge in [-0.05, 0) is 52.1 Å². The predicted molar refractivity (Wildman–Crippen MR) is 70.8 cm³/mol. The Kier molecular flexibility index (Phi) is 6.52. The van der Waals surface area contributed by atoms with Crippen LogP contribution in [0.1, 0.15) is 33.1 Å². The van der Waals surface area contributed by atoms with Crippen LogP contribution < -0.4 is 5.73 Å². The first-order valence-electron chi connectivity index (χ1n) is 6.91. The summed E-state index contributed by atoms with van der Waals surface area (Å²) in [7, 11) is 0. The molecule has 1 saturated heterocycles. The summed E-state index contributed by atoms with van der Waals surface area (Å²) < 4.78 is 0. The van der Waals surface area contributed by atoms with Crippen LogP contribution in [0, 0.1) is 5.92 Å². The predicted octanol–water partition coefficient (Wildman–Crippen LogP) is 0.916. The third-order valence-electron chi connectivity index (χ3n) is 3.65. The lowest BCUT2D eigenvalue weighted by Crippen LogP contribution is -2.44. The first-order chi connectivity index (χ1) is 8.21. The third kappa shape index (κ3) is 4.64. The molecule has 1 rings (SSSR count). The van der Waals surface area contributed by atoms with Crippen molar-refractivity contribution in [2.45, 2.75) is 33.1 Å². The van der Waals surface area contributed by atoms with Crippen molar-refractivity contribution in [1.29, 1.82) is 0 Å². The molecular weight excluding hydrogens is 214 g/mol. The summed E-state index contributed by atoms with van der Waals surface area (Å²) in [6, 6.07) is 0. The summed E-state index contributed by atoms with van der Waals surface area (Å²) in [4.78, 5) is 16.2. The van der Waals surface area contributed by atoms with Gasteiger partial charge in [-0.3, -0.25) is 9.69 Å². The Hall–Kier alpha value is -0.610. The van der Waals surface area contributed by atoms with Crippen LogP contribution in [0.15, 0.2) is 0 Å². The van der Waals surface area contributed by atoms with Gasteiger partial charge in [-0.15, -0.1) is 0 Å². The molecule has 0 bridgehead atoms. The van der Waals surface area contributed by atoms with E-state index in [1.807, 2.05) is 18.7 Å². The zero-order valence-electron chi connectivity index (χ0n) is 11.3. The van der Waals surface area contributed by atoms with Gasteiger partial charge in [-0.1, -0.05) is 0 Å². The lowest BCUT2D eigenvalue weighted by Gasteiger charge is -2.33. The zero-order valence-corrected chi connectivity index (χ0v) is 11.3. The number of piperidine rings is 1. The molecule has 4 heteroatoms. The summed E-state index contributed by atoms with van der Waals surface area (Å²) in [5.41, 5.74) is 5.60. The van der Waals surface area contributed by atoms with Crippen molar-refractivity contribution < 1.29 is 4.79 Å². The Bertz CT molecular complexity index is 227. The lowest BCUT2D eigenvalue weighted by atomic mass is 9.95. The number of likely N-dealkylation sites (N-methyl/N-ethyl adjacent to an activating group) is 1. The van der Waals surface area contributed by atoms with E-state index in [4.69, 9.17) is 5.73 Å². The van der Waals surface area contributed by atoms with Crippen molar-refractivity contribution in [3.8, 4) is 0 Å². The van der Waals surface area contributed by atoms with Crippen molar-refractivity contribution in [3.63, 3.8) is 0 Å². The van der Waals surface area contributed by atoms with E-state index in [9.17, 15) is 4.79 Å². The summed E-state index contributed by atoms with van der Waals surface area (Å²) in [6.07, 6.45) is 3.57. The first-order valence-corrected chi connectivity index (χ1v) is 6.91. The molecule has 0 aromatic carbocycles. The highest BCUT2D eigenvalue weighted by molar-refractivity contribution is 5.78. The van der Waals surface area contributed by atoms with E-state index in [0.717, 1.165) is 39.1 Å². The highest BCUT2D eigenvalue weighted by Crippen LogP contribution is 2.18. The molecule has 0 aromatic heterocycles. The molecule has 0 saturated carbocycles. The molecule has 1 aliphatic heterocycles. The Morgan fingerprint density at radius 1 is 1.41 bits per heavy atom. The van der Waals surface area contributed by atoms with Gasteiger partial charge < -0.3 is 10.6 Å². The van der Waals surface area contributed by atoms with E-state index in [1.165, 1.54) is 12.8 Å². The molecule has 0 spiro atoms. The molecule has 0 radical (unpaired) electrons.